The molecule has 3 heteroatoms. The molecule has 1 heterocycles. The number of benzene rings is 1. The van der Waals surface area contributed by atoms with Crippen molar-refractivity contribution in [2.45, 2.75) is 39.7 Å². The zero-order chi connectivity index (χ0) is 14.7. The highest BCUT2D eigenvalue weighted by atomic mass is 16.1. The highest BCUT2D eigenvalue weighted by Gasteiger charge is 2.08. The normalized spacial score (nSPS) is 12.4. The monoisotopic (exact) mass is 270 g/mol. The lowest BCUT2D eigenvalue weighted by Gasteiger charge is -2.14. The van der Waals surface area contributed by atoms with E-state index in [1.54, 1.807) is 10.6 Å². The Bertz CT molecular complexity index is 658. The van der Waals surface area contributed by atoms with Crippen molar-refractivity contribution in [1.82, 2.24) is 4.57 Å². The molecule has 0 radical (unpaired) electrons. The molecule has 0 spiro atoms. The van der Waals surface area contributed by atoms with Crippen LogP contribution in [0, 0.1) is 13.8 Å². The summed E-state index contributed by atoms with van der Waals surface area (Å²) in [6.45, 7) is 6.12. The Labute approximate surface area is 120 Å². The van der Waals surface area contributed by atoms with Crippen LogP contribution in [0.2, 0.25) is 0 Å². The van der Waals surface area contributed by atoms with Crippen LogP contribution in [0.25, 0.3) is 5.69 Å². The standard InChI is InChI=1S/C17H22N2O/c1-4-15(18)9-14-10-17(20)19(11-13(14)3)16-7-5-6-12(2)8-16/h5-8,10-11,15H,4,9,18H2,1-3H3. The lowest BCUT2D eigenvalue weighted by molar-refractivity contribution is 0.642. The number of pyridine rings is 1. The summed E-state index contributed by atoms with van der Waals surface area (Å²) in [5.74, 6) is 0. The third kappa shape index (κ3) is 3.17. The van der Waals surface area contributed by atoms with E-state index in [0.717, 1.165) is 35.2 Å². The lowest BCUT2D eigenvalue weighted by Crippen LogP contribution is -2.25. The topological polar surface area (TPSA) is 48.0 Å². The highest BCUT2D eigenvalue weighted by molar-refractivity contribution is 5.37. The summed E-state index contributed by atoms with van der Waals surface area (Å²) >= 11 is 0. The van der Waals surface area contributed by atoms with E-state index in [2.05, 4.69) is 6.92 Å². The fourth-order valence-corrected chi connectivity index (χ4v) is 2.30. The summed E-state index contributed by atoms with van der Waals surface area (Å²) < 4.78 is 1.70. The van der Waals surface area contributed by atoms with E-state index in [1.165, 1.54) is 0 Å². The van der Waals surface area contributed by atoms with Crippen LogP contribution < -0.4 is 11.3 Å². The fraction of sp³-hybridized carbons (Fsp3) is 0.353. The molecule has 0 aliphatic heterocycles. The Balaban J connectivity index is 2.43. The molecule has 106 valence electrons. The van der Waals surface area contributed by atoms with Gasteiger partial charge in [-0.05, 0) is 55.5 Å². The van der Waals surface area contributed by atoms with E-state index in [-0.39, 0.29) is 11.6 Å². The van der Waals surface area contributed by atoms with Crippen LogP contribution in [0.1, 0.15) is 30.0 Å². The minimum absolute atomic E-state index is 0.000460. The molecule has 0 saturated heterocycles. The Hall–Kier alpha value is -1.87. The van der Waals surface area contributed by atoms with Crippen LogP contribution in [-0.2, 0) is 6.42 Å². The largest absolute Gasteiger partial charge is 0.327 e. The van der Waals surface area contributed by atoms with Crippen molar-refractivity contribution >= 4 is 0 Å². The van der Waals surface area contributed by atoms with E-state index in [1.807, 2.05) is 44.3 Å². The van der Waals surface area contributed by atoms with Gasteiger partial charge in [0.2, 0.25) is 0 Å². The van der Waals surface area contributed by atoms with E-state index in [0.29, 0.717) is 0 Å². The second-order valence-electron chi connectivity index (χ2n) is 5.40. The first-order valence-electron chi connectivity index (χ1n) is 7.06. The number of hydrogen-bond donors (Lipinski definition) is 1. The maximum Gasteiger partial charge on any atom is 0.255 e. The molecule has 1 aromatic carbocycles. The minimum atomic E-state index is -0.000460. The molecule has 20 heavy (non-hydrogen) atoms. The Morgan fingerprint density at radius 1 is 1.25 bits per heavy atom. The van der Waals surface area contributed by atoms with Crippen molar-refractivity contribution in [1.29, 1.82) is 0 Å². The molecular weight excluding hydrogens is 248 g/mol. The quantitative estimate of drug-likeness (QED) is 0.928. The van der Waals surface area contributed by atoms with Gasteiger partial charge >= 0.3 is 0 Å². The zero-order valence-corrected chi connectivity index (χ0v) is 12.4. The van der Waals surface area contributed by atoms with Crippen LogP contribution >= 0.6 is 0 Å². The molecule has 1 atom stereocenters. The maximum absolute atomic E-state index is 12.3. The first kappa shape index (κ1) is 14.5. The van der Waals surface area contributed by atoms with Gasteiger partial charge in [0.1, 0.15) is 0 Å². The van der Waals surface area contributed by atoms with E-state index < -0.39 is 0 Å². The van der Waals surface area contributed by atoms with E-state index >= 15 is 0 Å². The number of hydrogen-bond acceptors (Lipinski definition) is 2. The van der Waals surface area contributed by atoms with Gasteiger partial charge in [-0.2, -0.15) is 0 Å². The van der Waals surface area contributed by atoms with Crippen molar-refractivity contribution in [2.75, 3.05) is 0 Å². The summed E-state index contributed by atoms with van der Waals surface area (Å²) in [6, 6.07) is 9.78. The number of rotatable bonds is 4. The van der Waals surface area contributed by atoms with Gasteiger partial charge in [0.25, 0.3) is 5.56 Å². The summed E-state index contributed by atoms with van der Waals surface area (Å²) in [6.07, 6.45) is 3.58. The maximum atomic E-state index is 12.3. The molecule has 2 rings (SSSR count). The number of aromatic nitrogens is 1. The first-order chi connectivity index (χ1) is 9.51. The van der Waals surface area contributed by atoms with Crippen LogP contribution in [-0.4, -0.2) is 10.6 Å². The van der Waals surface area contributed by atoms with Crippen LogP contribution in [0.15, 0.2) is 41.3 Å². The number of nitrogens with zero attached hydrogens (tertiary/aromatic N) is 1. The van der Waals surface area contributed by atoms with E-state index in [9.17, 15) is 4.79 Å². The molecule has 0 bridgehead atoms. The molecule has 0 aliphatic carbocycles. The van der Waals surface area contributed by atoms with Gasteiger partial charge in [0.15, 0.2) is 0 Å². The predicted octanol–water partition coefficient (Wildman–Crippen LogP) is 2.73. The van der Waals surface area contributed by atoms with Crippen LogP contribution in [0.4, 0.5) is 0 Å². The summed E-state index contributed by atoms with van der Waals surface area (Å²) in [4.78, 5) is 12.3. The molecule has 1 aromatic heterocycles. The summed E-state index contributed by atoms with van der Waals surface area (Å²) in [7, 11) is 0. The van der Waals surface area contributed by atoms with Gasteiger partial charge in [-0.25, -0.2) is 0 Å². The van der Waals surface area contributed by atoms with Gasteiger partial charge in [0, 0.05) is 24.0 Å². The molecule has 2 N–H and O–H groups in total. The third-order valence-corrected chi connectivity index (χ3v) is 3.65. The Kier molecular flexibility index (Phi) is 4.40. The molecular formula is C17H22N2O. The molecule has 0 saturated carbocycles. The minimum Gasteiger partial charge on any atom is -0.327 e. The van der Waals surface area contributed by atoms with Crippen molar-refractivity contribution in [3.8, 4) is 5.69 Å². The van der Waals surface area contributed by atoms with Gasteiger partial charge in [-0.1, -0.05) is 19.1 Å². The molecule has 0 fully saturated rings. The van der Waals surface area contributed by atoms with Crippen molar-refractivity contribution in [2.24, 2.45) is 5.73 Å². The number of nitrogens with two attached hydrogens (primary N) is 1. The van der Waals surface area contributed by atoms with Crippen molar-refractivity contribution < 1.29 is 0 Å². The van der Waals surface area contributed by atoms with Crippen molar-refractivity contribution in [3.63, 3.8) is 0 Å². The van der Waals surface area contributed by atoms with Gasteiger partial charge < -0.3 is 5.73 Å². The van der Waals surface area contributed by atoms with Crippen molar-refractivity contribution in [3.05, 3.63) is 63.6 Å². The summed E-state index contributed by atoms with van der Waals surface area (Å²) in [5.41, 5.74) is 10.2. The average Bonchev–Trinajstić information content (AvgIpc) is 2.42. The molecule has 1 unspecified atom stereocenters. The van der Waals surface area contributed by atoms with Crippen LogP contribution in [0.5, 0.6) is 0 Å². The zero-order valence-electron chi connectivity index (χ0n) is 12.4. The molecule has 3 nitrogen and oxygen atoms in total. The fourth-order valence-electron chi connectivity index (χ4n) is 2.30. The number of aryl methyl sites for hydroxylation is 2. The summed E-state index contributed by atoms with van der Waals surface area (Å²) in [5, 5.41) is 0. The molecule has 0 aliphatic rings. The van der Waals surface area contributed by atoms with Gasteiger partial charge in [-0.15, -0.1) is 0 Å². The van der Waals surface area contributed by atoms with E-state index in [4.69, 9.17) is 5.73 Å². The first-order valence-corrected chi connectivity index (χ1v) is 7.06. The second-order valence-corrected chi connectivity index (χ2v) is 5.40. The highest BCUT2D eigenvalue weighted by Crippen LogP contribution is 2.13. The molecule has 2 aromatic rings. The molecule has 0 amide bonds. The predicted molar refractivity (Wildman–Crippen MR) is 83.5 cm³/mol. The smallest absolute Gasteiger partial charge is 0.255 e. The lowest BCUT2D eigenvalue weighted by atomic mass is 10.0. The van der Waals surface area contributed by atoms with Crippen LogP contribution in [0.3, 0.4) is 0 Å². The Morgan fingerprint density at radius 3 is 2.65 bits per heavy atom. The van der Waals surface area contributed by atoms with Gasteiger partial charge in [-0.3, -0.25) is 9.36 Å². The van der Waals surface area contributed by atoms with Gasteiger partial charge in [0.05, 0.1) is 0 Å². The third-order valence-electron chi connectivity index (χ3n) is 3.65. The SMILES string of the molecule is CCC(N)Cc1cc(=O)n(-c2cccc(C)c2)cc1C. The Morgan fingerprint density at radius 2 is 2.00 bits per heavy atom. The second kappa shape index (κ2) is 6.06. The average molecular weight is 270 g/mol.